The highest BCUT2D eigenvalue weighted by atomic mass is 16.5. The van der Waals surface area contributed by atoms with Crippen LogP contribution in [0, 0.1) is 13.8 Å². The zero-order valence-electron chi connectivity index (χ0n) is 15.1. The molecule has 3 rings (SSSR count). The van der Waals surface area contributed by atoms with Crippen molar-refractivity contribution in [1.29, 1.82) is 0 Å². The van der Waals surface area contributed by atoms with E-state index in [1.54, 1.807) is 16.9 Å². The fraction of sp³-hybridized carbons (Fsp3) is 0.500. The van der Waals surface area contributed by atoms with Crippen molar-refractivity contribution in [1.82, 2.24) is 15.1 Å². The molecule has 1 aromatic carbocycles. The van der Waals surface area contributed by atoms with Crippen LogP contribution in [-0.4, -0.2) is 21.7 Å². The summed E-state index contributed by atoms with van der Waals surface area (Å²) in [5.41, 5.74) is 2.78. The smallest absolute Gasteiger partial charge is 0.271 e. The first kappa shape index (κ1) is 17.5. The van der Waals surface area contributed by atoms with E-state index in [-0.39, 0.29) is 11.9 Å². The van der Waals surface area contributed by atoms with Crippen LogP contribution in [0.4, 0.5) is 0 Å². The maximum Gasteiger partial charge on any atom is 0.271 e. The van der Waals surface area contributed by atoms with Crippen LogP contribution >= 0.6 is 0 Å². The van der Waals surface area contributed by atoms with Crippen molar-refractivity contribution in [3.8, 4) is 5.75 Å². The fourth-order valence-electron chi connectivity index (χ4n) is 3.39. The standard InChI is InChI=1S/C20H27N3O2/c1-15-11-16(2)13-18(12-15)25-14-23-10-9-19(22-23)20(24)21-17-7-5-3-4-6-8-17/h9-13,17H,3-8,14H2,1-2H3,(H,21,24). The zero-order chi connectivity index (χ0) is 17.6. The van der Waals surface area contributed by atoms with Gasteiger partial charge in [0.15, 0.2) is 6.73 Å². The van der Waals surface area contributed by atoms with Crippen LogP contribution in [0.1, 0.15) is 60.1 Å². The van der Waals surface area contributed by atoms with Crippen molar-refractivity contribution in [3.05, 3.63) is 47.3 Å². The second-order valence-electron chi connectivity index (χ2n) is 7.00. The first-order valence-electron chi connectivity index (χ1n) is 9.15. The molecule has 134 valence electrons. The van der Waals surface area contributed by atoms with Crippen molar-refractivity contribution in [2.75, 3.05) is 0 Å². The third-order valence-corrected chi connectivity index (χ3v) is 4.62. The number of nitrogens with zero attached hydrogens (tertiary/aromatic N) is 2. The molecular formula is C20H27N3O2. The topological polar surface area (TPSA) is 56.1 Å². The van der Waals surface area contributed by atoms with E-state index in [0.717, 1.165) is 18.6 Å². The molecule has 1 heterocycles. The van der Waals surface area contributed by atoms with Crippen molar-refractivity contribution in [2.45, 2.75) is 65.1 Å². The Kier molecular flexibility index (Phi) is 5.74. The second kappa shape index (κ2) is 8.19. The summed E-state index contributed by atoms with van der Waals surface area (Å²) in [4.78, 5) is 12.4. The third-order valence-electron chi connectivity index (χ3n) is 4.62. The number of ether oxygens (including phenoxy) is 1. The van der Waals surface area contributed by atoms with Gasteiger partial charge >= 0.3 is 0 Å². The Hall–Kier alpha value is -2.30. The molecule has 1 aliphatic carbocycles. The number of carbonyl (C=O) groups is 1. The minimum absolute atomic E-state index is 0.0861. The van der Waals surface area contributed by atoms with E-state index in [2.05, 4.69) is 16.5 Å². The van der Waals surface area contributed by atoms with Crippen LogP contribution in [0.3, 0.4) is 0 Å². The van der Waals surface area contributed by atoms with Crippen molar-refractivity contribution in [2.24, 2.45) is 0 Å². The molecule has 1 N–H and O–H groups in total. The summed E-state index contributed by atoms with van der Waals surface area (Å²) in [6, 6.07) is 8.13. The number of nitrogens with one attached hydrogen (secondary N) is 1. The molecule has 1 aromatic heterocycles. The lowest BCUT2D eigenvalue weighted by molar-refractivity contribution is 0.0926. The van der Waals surface area contributed by atoms with Crippen molar-refractivity contribution in [3.63, 3.8) is 0 Å². The molecule has 0 atom stereocenters. The van der Waals surface area contributed by atoms with Gasteiger partial charge in [-0.15, -0.1) is 0 Å². The van der Waals surface area contributed by atoms with Gasteiger partial charge in [0.25, 0.3) is 5.91 Å². The number of aromatic nitrogens is 2. The maximum absolute atomic E-state index is 12.4. The van der Waals surface area contributed by atoms with Gasteiger partial charge < -0.3 is 10.1 Å². The Morgan fingerprint density at radius 3 is 2.52 bits per heavy atom. The minimum atomic E-state index is -0.0861. The van der Waals surface area contributed by atoms with E-state index in [0.29, 0.717) is 12.4 Å². The van der Waals surface area contributed by atoms with E-state index in [9.17, 15) is 4.79 Å². The summed E-state index contributed by atoms with van der Waals surface area (Å²) in [6.07, 6.45) is 8.87. The van der Waals surface area contributed by atoms with Gasteiger partial charge in [-0.1, -0.05) is 31.7 Å². The molecule has 1 fully saturated rings. The van der Waals surface area contributed by atoms with Crippen LogP contribution < -0.4 is 10.1 Å². The number of benzene rings is 1. The predicted molar refractivity (Wildman–Crippen MR) is 97.7 cm³/mol. The SMILES string of the molecule is Cc1cc(C)cc(OCn2ccc(C(=O)NC3CCCCCC3)n2)c1. The van der Waals surface area contributed by atoms with Crippen molar-refractivity contribution >= 4 is 5.91 Å². The quantitative estimate of drug-likeness (QED) is 0.837. The second-order valence-corrected chi connectivity index (χ2v) is 7.00. The summed E-state index contributed by atoms with van der Waals surface area (Å²) >= 11 is 0. The Bertz CT molecular complexity index is 695. The number of carbonyl (C=O) groups excluding carboxylic acids is 1. The summed E-state index contributed by atoms with van der Waals surface area (Å²) in [5, 5.41) is 7.46. The molecular weight excluding hydrogens is 314 g/mol. The zero-order valence-corrected chi connectivity index (χ0v) is 15.1. The molecule has 25 heavy (non-hydrogen) atoms. The first-order chi connectivity index (χ1) is 12.1. The molecule has 0 unspecified atom stereocenters. The van der Waals surface area contributed by atoms with Crippen LogP contribution in [0.5, 0.6) is 5.75 Å². The third kappa shape index (κ3) is 5.08. The summed E-state index contributed by atoms with van der Waals surface area (Å²) in [6.45, 7) is 4.38. The minimum Gasteiger partial charge on any atom is -0.471 e. The summed E-state index contributed by atoms with van der Waals surface area (Å²) < 4.78 is 7.43. The number of amides is 1. The van der Waals surface area contributed by atoms with Gasteiger partial charge in [-0.2, -0.15) is 5.10 Å². The van der Waals surface area contributed by atoms with Crippen molar-refractivity contribution < 1.29 is 9.53 Å². The first-order valence-corrected chi connectivity index (χ1v) is 9.15. The van der Waals surface area contributed by atoms with E-state index >= 15 is 0 Å². The Labute approximate surface area is 149 Å². The molecule has 0 bridgehead atoms. The molecule has 0 radical (unpaired) electrons. The average molecular weight is 341 g/mol. The van der Waals surface area contributed by atoms with E-state index in [1.807, 2.05) is 26.0 Å². The van der Waals surface area contributed by atoms with E-state index < -0.39 is 0 Å². The van der Waals surface area contributed by atoms with Gasteiger partial charge in [0.1, 0.15) is 11.4 Å². The lowest BCUT2D eigenvalue weighted by Crippen LogP contribution is -2.34. The summed E-state index contributed by atoms with van der Waals surface area (Å²) in [7, 11) is 0. The molecule has 5 heteroatoms. The summed E-state index contributed by atoms with van der Waals surface area (Å²) in [5.74, 6) is 0.731. The Morgan fingerprint density at radius 2 is 1.84 bits per heavy atom. The molecule has 0 spiro atoms. The number of rotatable bonds is 5. The van der Waals surface area contributed by atoms with Gasteiger partial charge in [-0.25, -0.2) is 4.68 Å². The highest BCUT2D eigenvalue weighted by Gasteiger charge is 2.17. The monoisotopic (exact) mass is 341 g/mol. The average Bonchev–Trinajstić information content (AvgIpc) is 2.90. The Balaban J connectivity index is 1.55. The highest BCUT2D eigenvalue weighted by molar-refractivity contribution is 5.92. The molecule has 0 saturated heterocycles. The van der Waals surface area contributed by atoms with Gasteiger partial charge in [0.05, 0.1) is 0 Å². The van der Waals surface area contributed by atoms with Crippen LogP contribution in [0.25, 0.3) is 0 Å². The van der Waals surface area contributed by atoms with Crippen LogP contribution in [0.2, 0.25) is 0 Å². The van der Waals surface area contributed by atoms with Gasteiger partial charge in [0.2, 0.25) is 0 Å². The highest BCUT2D eigenvalue weighted by Crippen LogP contribution is 2.18. The molecule has 1 aliphatic rings. The lowest BCUT2D eigenvalue weighted by Gasteiger charge is -2.15. The van der Waals surface area contributed by atoms with Gasteiger partial charge in [-0.05, 0) is 56.0 Å². The van der Waals surface area contributed by atoms with Gasteiger partial charge in [0, 0.05) is 12.2 Å². The molecule has 2 aromatic rings. The number of aryl methyl sites for hydroxylation is 2. The molecule has 1 saturated carbocycles. The van der Waals surface area contributed by atoms with Crippen LogP contribution in [0.15, 0.2) is 30.5 Å². The predicted octanol–water partition coefficient (Wildman–Crippen LogP) is 3.99. The Morgan fingerprint density at radius 1 is 1.16 bits per heavy atom. The largest absolute Gasteiger partial charge is 0.471 e. The number of hydrogen-bond acceptors (Lipinski definition) is 3. The normalized spacial score (nSPS) is 15.6. The maximum atomic E-state index is 12.4. The fourth-order valence-corrected chi connectivity index (χ4v) is 3.39. The van der Waals surface area contributed by atoms with Crippen LogP contribution in [-0.2, 0) is 6.73 Å². The lowest BCUT2D eigenvalue weighted by atomic mass is 10.1. The van der Waals surface area contributed by atoms with Gasteiger partial charge in [-0.3, -0.25) is 4.79 Å². The van der Waals surface area contributed by atoms with E-state index in [1.165, 1.54) is 36.8 Å². The molecule has 5 nitrogen and oxygen atoms in total. The van der Waals surface area contributed by atoms with E-state index in [4.69, 9.17) is 4.74 Å². The molecule has 1 amide bonds. The molecule has 0 aliphatic heterocycles. The number of hydrogen-bond donors (Lipinski definition) is 1.